The van der Waals surface area contributed by atoms with Gasteiger partial charge in [-0.05, 0) is 5.92 Å². The van der Waals surface area contributed by atoms with Crippen LogP contribution in [-0.2, 0) is 24.2 Å². The highest BCUT2D eigenvalue weighted by Crippen LogP contribution is 2.25. The van der Waals surface area contributed by atoms with E-state index in [-0.39, 0.29) is 6.42 Å². The zero-order valence-electron chi connectivity index (χ0n) is 10.3. The van der Waals surface area contributed by atoms with E-state index in [2.05, 4.69) is 23.7 Å². The Kier molecular flexibility index (Phi) is 3.79. The van der Waals surface area contributed by atoms with Gasteiger partial charge in [0.1, 0.15) is 5.01 Å². The van der Waals surface area contributed by atoms with Gasteiger partial charge in [0.15, 0.2) is 0 Å². The van der Waals surface area contributed by atoms with Gasteiger partial charge in [0.2, 0.25) is 0 Å². The van der Waals surface area contributed by atoms with Crippen molar-refractivity contribution in [1.29, 1.82) is 0 Å². The summed E-state index contributed by atoms with van der Waals surface area (Å²) in [6.45, 7) is 7.52. The van der Waals surface area contributed by atoms with Crippen molar-refractivity contribution in [3.63, 3.8) is 0 Å². The summed E-state index contributed by atoms with van der Waals surface area (Å²) in [7, 11) is 0. The van der Waals surface area contributed by atoms with Gasteiger partial charge in [0.05, 0.1) is 12.1 Å². The molecule has 2 rings (SSSR count). The van der Waals surface area contributed by atoms with E-state index in [0.29, 0.717) is 5.92 Å². The minimum atomic E-state index is -0.796. The third kappa shape index (κ3) is 3.26. The fraction of sp³-hybridized carbons (Fsp3) is 0.667. The topological polar surface area (TPSA) is 53.4 Å². The van der Waals surface area contributed by atoms with E-state index in [9.17, 15) is 4.79 Å². The molecule has 0 bridgehead atoms. The molecular formula is C12H18N2O2S. The second-order valence-electron chi connectivity index (χ2n) is 4.93. The smallest absolute Gasteiger partial charge is 0.310 e. The minimum absolute atomic E-state index is 0.0574. The molecule has 0 aliphatic carbocycles. The lowest BCUT2D eigenvalue weighted by atomic mass is 10.1. The van der Waals surface area contributed by atoms with Crippen molar-refractivity contribution in [3.8, 4) is 0 Å². The molecule has 2 heterocycles. The predicted octanol–water partition coefficient (Wildman–Crippen LogP) is 1.78. The van der Waals surface area contributed by atoms with Gasteiger partial charge in [-0.3, -0.25) is 9.69 Å². The number of carboxylic acids is 1. The van der Waals surface area contributed by atoms with Crippen LogP contribution in [0.2, 0.25) is 0 Å². The molecule has 17 heavy (non-hydrogen) atoms. The van der Waals surface area contributed by atoms with Gasteiger partial charge in [0.25, 0.3) is 0 Å². The molecule has 0 atom stereocenters. The molecule has 0 radical (unpaired) electrons. The summed E-state index contributed by atoms with van der Waals surface area (Å²) in [5, 5.41) is 9.50. The maximum atomic E-state index is 10.6. The lowest BCUT2D eigenvalue weighted by Gasteiger charge is -2.27. The zero-order valence-corrected chi connectivity index (χ0v) is 11.1. The molecule has 0 unspecified atom stereocenters. The van der Waals surface area contributed by atoms with Gasteiger partial charge in [-0.2, -0.15) is 0 Å². The molecular weight excluding hydrogens is 236 g/mol. The Morgan fingerprint density at radius 3 is 3.00 bits per heavy atom. The maximum Gasteiger partial charge on any atom is 0.310 e. The number of hydrogen-bond acceptors (Lipinski definition) is 4. The lowest BCUT2D eigenvalue weighted by molar-refractivity contribution is -0.136. The first-order valence-electron chi connectivity index (χ1n) is 5.96. The van der Waals surface area contributed by atoms with Crippen molar-refractivity contribution >= 4 is 17.3 Å². The van der Waals surface area contributed by atoms with Crippen molar-refractivity contribution in [2.45, 2.75) is 33.2 Å². The fourth-order valence-electron chi connectivity index (χ4n) is 2.18. The number of carbonyl (C=O) groups is 1. The van der Waals surface area contributed by atoms with Crippen LogP contribution in [0.1, 0.15) is 29.4 Å². The second kappa shape index (κ2) is 5.14. The summed E-state index contributed by atoms with van der Waals surface area (Å²) < 4.78 is 0. The zero-order chi connectivity index (χ0) is 12.4. The van der Waals surface area contributed by atoms with Crippen molar-refractivity contribution in [2.75, 3.05) is 13.1 Å². The first kappa shape index (κ1) is 12.5. The summed E-state index contributed by atoms with van der Waals surface area (Å²) in [6, 6.07) is 0. The summed E-state index contributed by atoms with van der Waals surface area (Å²) >= 11 is 1.56. The number of fused-ring (bicyclic) bond motifs is 1. The molecule has 0 fully saturated rings. The standard InChI is InChI=1S/C12H18N2O2S/c1-8(2)6-14-4-3-9-10(7-14)17-11(13-9)5-12(15)16/h8H,3-7H2,1-2H3,(H,15,16). The Balaban J connectivity index is 2.05. The lowest BCUT2D eigenvalue weighted by Crippen LogP contribution is -2.32. The molecule has 1 aliphatic heterocycles. The summed E-state index contributed by atoms with van der Waals surface area (Å²) in [5.41, 5.74) is 1.12. The third-order valence-electron chi connectivity index (χ3n) is 2.78. The highest BCUT2D eigenvalue weighted by atomic mass is 32.1. The summed E-state index contributed by atoms with van der Waals surface area (Å²) in [5.74, 6) is -0.127. The van der Waals surface area contributed by atoms with Crippen molar-refractivity contribution in [1.82, 2.24) is 9.88 Å². The Morgan fingerprint density at radius 1 is 1.59 bits per heavy atom. The second-order valence-corrected chi connectivity index (χ2v) is 6.10. The number of carboxylic acid groups (broad SMARTS) is 1. The molecule has 1 aromatic rings. The Bertz CT molecular complexity index is 415. The SMILES string of the molecule is CC(C)CN1CCc2nc(CC(=O)O)sc2C1. The maximum absolute atomic E-state index is 10.6. The van der Waals surface area contributed by atoms with E-state index in [0.717, 1.165) is 36.8 Å². The number of hydrogen-bond donors (Lipinski definition) is 1. The van der Waals surface area contributed by atoms with E-state index < -0.39 is 5.97 Å². The Morgan fingerprint density at radius 2 is 2.35 bits per heavy atom. The fourth-order valence-corrected chi connectivity index (χ4v) is 3.33. The number of rotatable bonds is 4. The minimum Gasteiger partial charge on any atom is -0.481 e. The van der Waals surface area contributed by atoms with Gasteiger partial charge < -0.3 is 5.11 Å². The molecule has 0 saturated heterocycles. The molecule has 0 aromatic carbocycles. The van der Waals surface area contributed by atoms with E-state index in [1.807, 2.05) is 0 Å². The predicted molar refractivity (Wildman–Crippen MR) is 67.3 cm³/mol. The normalized spacial score (nSPS) is 16.2. The highest BCUT2D eigenvalue weighted by Gasteiger charge is 2.21. The quantitative estimate of drug-likeness (QED) is 0.890. The van der Waals surface area contributed by atoms with E-state index in [1.54, 1.807) is 11.3 Å². The van der Waals surface area contributed by atoms with Crippen LogP contribution >= 0.6 is 11.3 Å². The summed E-state index contributed by atoms with van der Waals surface area (Å²) in [6.07, 6.45) is 1.01. The largest absolute Gasteiger partial charge is 0.481 e. The number of aromatic nitrogens is 1. The van der Waals surface area contributed by atoms with E-state index in [1.165, 1.54) is 4.88 Å². The van der Waals surface area contributed by atoms with Crippen LogP contribution in [0.4, 0.5) is 0 Å². The number of aliphatic carboxylic acids is 1. The average molecular weight is 254 g/mol. The molecule has 5 heteroatoms. The number of nitrogens with zero attached hydrogens (tertiary/aromatic N) is 2. The molecule has 94 valence electrons. The van der Waals surface area contributed by atoms with Crippen LogP contribution in [0.5, 0.6) is 0 Å². The van der Waals surface area contributed by atoms with Gasteiger partial charge in [-0.15, -0.1) is 11.3 Å². The monoisotopic (exact) mass is 254 g/mol. The van der Waals surface area contributed by atoms with Crippen molar-refractivity contribution in [2.24, 2.45) is 5.92 Å². The first-order chi connectivity index (χ1) is 8.04. The molecule has 1 N–H and O–H groups in total. The summed E-state index contributed by atoms with van der Waals surface area (Å²) in [4.78, 5) is 18.7. The molecule has 0 amide bonds. The third-order valence-corrected chi connectivity index (χ3v) is 3.86. The van der Waals surface area contributed by atoms with Crippen LogP contribution in [0.25, 0.3) is 0 Å². The molecule has 4 nitrogen and oxygen atoms in total. The number of thiazole rings is 1. The molecule has 0 saturated carbocycles. The van der Waals surface area contributed by atoms with Gasteiger partial charge in [0, 0.05) is 30.9 Å². The first-order valence-corrected chi connectivity index (χ1v) is 6.78. The highest BCUT2D eigenvalue weighted by molar-refractivity contribution is 7.11. The van der Waals surface area contributed by atoms with Crippen LogP contribution < -0.4 is 0 Å². The van der Waals surface area contributed by atoms with Crippen LogP contribution in [-0.4, -0.2) is 34.0 Å². The van der Waals surface area contributed by atoms with E-state index in [4.69, 9.17) is 5.11 Å². The van der Waals surface area contributed by atoms with Crippen LogP contribution in [0.15, 0.2) is 0 Å². The van der Waals surface area contributed by atoms with Gasteiger partial charge in [-0.1, -0.05) is 13.8 Å². The molecule has 1 aromatic heterocycles. The van der Waals surface area contributed by atoms with Gasteiger partial charge >= 0.3 is 5.97 Å². The molecule has 1 aliphatic rings. The van der Waals surface area contributed by atoms with Crippen molar-refractivity contribution in [3.05, 3.63) is 15.6 Å². The van der Waals surface area contributed by atoms with Crippen molar-refractivity contribution < 1.29 is 9.90 Å². The average Bonchev–Trinajstić information content (AvgIpc) is 2.56. The molecule has 0 spiro atoms. The van der Waals surface area contributed by atoms with Crippen LogP contribution in [0, 0.1) is 5.92 Å². The van der Waals surface area contributed by atoms with E-state index >= 15 is 0 Å². The Labute approximate surface area is 105 Å². The van der Waals surface area contributed by atoms with Crippen LogP contribution in [0.3, 0.4) is 0 Å². The Hall–Kier alpha value is -0.940. The van der Waals surface area contributed by atoms with Gasteiger partial charge in [-0.25, -0.2) is 4.98 Å².